The molecule has 0 atom stereocenters. The highest BCUT2D eigenvalue weighted by Crippen LogP contribution is 2.39. The molecule has 0 aliphatic heterocycles. The summed E-state index contributed by atoms with van der Waals surface area (Å²) in [7, 11) is 0. The van der Waals surface area contributed by atoms with Gasteiger partial charge in [0.1, 0.15) is 22.5 Å². The first-order valence-corrected chi connectivity index (χ1v) is 8.60. The van der Waals surface area contributed by atoms with Crippen molar-refractivity contribution in [2.75, 3.05) is 0 Å². The number of aromatic nitrogens is 1. The van der Waals surface area contributed by atoms with E-state index in [-0.39, 0.29) is 17.1 Å². The van der Waals surface area contributed by atoms with Crippen LogP contribution >= 0.6 is 11.3 Å². The van der Waals surface area contributed by atoms with Crippen LogP contribution in [0.15, 0.2) is 58.7 Å². The third-order valence-electron chi connectivity index (χ3n) is 4.21. The van der Waals surface area contributed by atoms with Gasteiger partial charge in [-0.25, -0.2) is 4.39 Å². The number of nitrogens with one attached hydrogen (secondary N) is 1. The summed E-state index contributed by atoms with van der Waals surface area (Å²) in [5, 5.41) is 21.7. The summed E-state index contributed by atoms with van der Waals surface area (Å²) in [4.78, 5) is 14.9. The van der Waals surface area contributed by atoms with Crippen molar-refractivity contribution in [2.45, 2.75) is 0 Å². The lowest BCUT2D eigenvalue weighted by Gasteiger charge is -2.06. The summed E-state index contributed by atoms with van der Waals surface area (Å²) < 4.78 is 13.9. The molecule has 2 N–H and O–H groups in total. The summed E-state index contributed by atoms with van der Waals surface area (Å²) in [6, 6.07) is 15.5. The quantitative estimate of drug-likeness (QED) is 0.545. The smallest absolute Gasteiger partial charge is 0.270 e. The zero-order chi connectivity index (χ0) is 18.3. The highest BCUT2D eigenvalue weighted by Gasteiger charge is 2.17. The fourth-order valence-electron chi connectivity index (χ4n) is 2.92. The van der Waals surface area contributed by atoms with Gasteiger partial charge in [0.2, 0.25) is 0 Å². The number of benzene rings is 2. The normalized spacial score (nSPS) is 10.8. The van der Waals surface area contributed by atoms with E-state index >= 15 is 0 Å². The minimum atomic E-state index is -0.610. The molecule has 0 aliphatic carbocycles. The van der Waals surface area contributed by atoms with Crippen LogP contribution in [0, 0.1) is 17.1 Å². The Labute approximate surface area is 151 Å². The van der Waals surface area contributed by atoms with E-state index in [1.54, 1.807) is 41.8 Å². The lowest BCUT2D eigenvalue weighted by Crippen LogP contribution is -2.09. The van der Waals surface area contributed by atoms with E-state index in [2.05, 4.69) is 4.98 Å². The molecule has 4 rings (SSSR count). The Morgan fingerprint density at radius 2 is 1.69 bits per heavy atom. The van der Waals surface area contributed by atoms with E-state index < -0.39 is 5.56 Å². The molecule has 0 saturated heterocycles. The maximum atomic E-state index is 13.9. The number of H-pyrrole nitrogens is 1. The van der Waals surface area contributed by atoms with E-state index in [1.165, 1.54) is 17.4 Å². The molecule has 0 bridgehead atoms. The molecule has 4 nitrogen and oxygen atoms in total. The molecule has 0 unspecified atom stereocenters. The van der Waals surface area contributed by atoms with Crippen LogP contribution in [-0.2, 0) is 0 Å². The van der Waals surface area contributed by atoms with Gasteiger partial charge in [-0.05, 0) is 17.2 Å². The van der Waals surface area contributed by atoms with Gasteiger partial charge in [-0.15, -0.1) is 11.3 Å². The topological polar surface area (TPSA) is 76.9 Å². The fourth-order valence-corrected chi connectivity index (χ4v) is 3.89. The van der Waals surface area contributed by atoms with Crippen LogP contribution in [0.25, 0.3) is 32.5 Å². The number of nitrogens with zero attached hydrogens (tertiary/aromatic N) is 1. The Morgan fingerprint density at radius 3 is 2.35 bits per heavy atom. The summed E-state index contributed by atoms with van der Waals surface area (Å²) in [5.74, 6) is -0.615. The minimum Gasteiger partial charge on any atom is -0.506 e. The van der Waals surface area contributed by atoms with E-state index in [0.717, 1.165) is 11.1 Å². The zero-order valence-electron chi connectivity index (χ0n) is 13.3. The molecule has 0 fully saturated rings. The minimum absolute atomic E-state index is 0.296. The molecule has 0 radical (unpaired) electrons. The molecule has 0 spiro atoms. The molecule has 4 aromatic rings. The van der Waals surface area contributed by atoms with Crippen LogP contribution in [0.1, 0.15) is 5.56 Å². The molecule has 0 amide bonds. The van der Waals surface area contributed by atoms with Crippen molar-refractivity contribution >= 4 is 21.6 Å². The van der Waals surface area contributed by atoms with Crippen molar-refractivity contribution in [1.82, 2.24) is 4.98 Å². The Bertz CT molecular complexity index is 1230. The van der Waals surface area contributed by atoms with Crippen molar-refractivity contribution in [3.05, 3.63) is 75.6 Å². The van der Waals surface area contributed by atoms with Gasteiger partial charge in [0.25, 0.3) is 5.56 Å². The van der Waals surface area contributed by atoms with Gasteiger partial charge in [0.05, 0.1) is 5.39 Å². The average Bonchev–Trinajstić information content (AvgIpc) is 3.06. The number of rotatable bonds is 2. The number of hydrogen-bond acceptors (Lipinski definition) is 4. The van der Waals surface area contributed by atoms with E-state index in [0.29, 0.717) is 21.3 Å². The zero-order valence-corrected chi connectivity index (χ0v) is 14.1. The molecular formula is C20H11FN2O2S. The van der Waals surface area contributed by atoms with Crippen LogP contribution < -0.4 is 5.56 Å². The van der Waals surface area contributed by atoms with Crippen molar-refractivity contribution in [3.63, 3.8) is 0 Å². The predicted molar refractivity (Wildman–Crippen MR) is 99.7 cm³/mol. The van der Waals surface area contributed by atoms with Gasteiger partial charge in [-0.3, -0.25) is 4.79 Å². The molecule has 6 heteroatoms. The number of nitriles is 1. The number of halogens is 1. The first kappa shape index (κ1) is 16.1. The molecule has 0 aliphatic rings. The Morgan fingerprint density at radius 1 is 1.04 bits per heavy atom. The SMILES string of the molecule is N#Cc1c(O)c2c(-c3ccc(-c4ccccc4F)cc3)csc2[nH]c1=O. The second-order valence-corrected chi connectivity index (χ2v) is 6.58. The summed E-state index contributed by atoms with van der Waals surface area (Å²) in [6.45, 7) is 0. The third-order valence-corrected chi connectivity index (χ3v) is 5.11. The third kappa shape index (κ3) is 2.46. The maximum absolute atomic E-state index is 13.9. The number of hydrogen-bond donors (Lipinski definition) is 2. The van der Waals surface area contributed by atoms with Gasteiger partial charge in [0, 0.05) is 16.5 Å². The first-order valence-electron chi connectivity index (χ1n) is 7.72. The number of thiophene rings is 1. The summed E-state index contributed by atoms with van der Waals surface area (Å²) >= 11 is 1.27. The standard InChI is InChI=1S/C20H11FN2O2S/c21-16-4-2-1-3-13(16)11-5-7-12(8-6-11)15-10-26-20-17(15)18(24)14(9-22)19(25)23-20/h1-8,10H,(H2,23,24,25). The van der Waals surface area contributed by atoms with Crippen LogP contribution in [0.4, 0.5) is 4.39 Å². The van der Waals surface area contributed by atoms with Gasteiger partial charge in [0.15, 0.2) is 5.56 Å². The van der Waals surface area contributed by atoms with Crippen LogP contribution in [0.5, 0.6) is 5.75 Å². The Hall–Kier alpha value is -3.43. The molecule has 2 aromatic carbocycles. The monoisotopic (exact) mass is 362 g/mol. The van der Waals surface area contributed by atoms with E-state index in [9.17, 15) is 14.3 Å². The number of aromatic hydroxyl groups is 1. The van der Waals surface area contributed by atoms with Gasteiger partial charge < -0.3 is 10.1 Å². The lowest BCUT2D eigenvalue weighted by atomic mass is 9.99. The molecular weight excluding hydrogens is 351 g/mol. The fraction of sp³-hybridized carbons (Fsp3) is 0. The molecule has 0 saturated carbocycles. The summed E-state index contributed by atoms with van der Waals surface area (Å²) in [6.07, 6.45) is 0. The van der Waals surface area contributed by atoms with E-state index in [1.807, 2.05) is 12.1 Å². The van der Waals surface area contributed by atoms with Crippen molar-refractivity contribution in [2.24, 2.45) is 0 Å². The van der Waals surface area contributed by atoms with Crippen LogP contribution in [0.3, 0.4) is 0 Å². The number of aromatic amines is 1. The number of fused-ring (bicyclic) bond motifs is 1. The van der Waals surface area contributed by atoms with Crippen molar-refractivity contribution in [1.29, 1.82) is 5.26 Å². The van der Waals surface area contributed by atoms with Crippen LogP contribution in [-0.4, -0.2) is 10.1 Å². The second-order valence-electron chi connectivity index (χ2n) is 5.70. The van der Waals surface area contributed by atoms with Crippen molar-refractivity contribution < 1.29 is 9.50 Å². The Balaban J connectivity index is 1.86. The second kappa shape index (κ2) is 6.14. The molecule has 26 heavy (non-hydrogen) atoms. The average molecular weight is 362 g/mol. The molecule has 126 valence electrons. The highest BCUT2D eigenvalue weighted by atomic mass is 32.1. The number of pyridine rings is 1. The largest absolute Gasteiger partial charge is 0.506 e. The Kier molecular flexibility index (Phi) is 3.79. The summed E-state index contributed by atoms with van der Waals surface area (Å²) in [5.41, 5.74) is 1.83. The molecule has 2 heterocycles. The van der Waals surface area contributed by atoms with Gasteiger partial charge in [-0.1, -0.05) is 42.5 Å². The van der Waals surface area contributed by atoms with Crippen molar-refractivity contribution in [3.8, 4) is 34.1 Å². The molecule has 2 aromatic heterocycles. The first-order chi connectivity index (χ1) is 12.6. The van der Waals surface area contributed by atoms with Gasteiger partial charge >= 0.3 is 0 Å². The van der Waals surface area contributed by atoms with Gasteiger partial charge in [-0.2, -0.15) is 5.26 Å². The highest BCUT2D eigenvalue weighted by molar-refractivity contribution is 7.17. The predicted octanol–water partition coefficient (Wildman–Crippen LogP) is 4.64. The maximum Gasteiger partial charge on any atom is 0.270 e. The van der Waals surface area contributed by atoms with Crippen LogP contribution in [0.2, 0.25) is 0 Å². The van der Waals surface area contributed by atoms with E-state index in [4.69, 9.17) is 5.26 Å². The lowest BCUT2D eigenvalue weighted by molar-refractivity contribution is 0.479.